The molecule has 0 saturated carbocycles. The second kappa shape index (κ2) is 6.90. The van der Waals surface area contributed by atoms with Gasteiger partial charge in [-0.05, 0) is 13.5 Å². The highest BCUT2D eigenvalue weighted by molar-refractivity contribution is 6.99. The Morgan fingerprint density at radius 2 is 2.29 bits per heavy atom. The number of hydrogen-bond donors (Lipinski definition) is 1. The molecular weight excluding hydrogens is 194 g/mol. The molecule has 1 heterocycles. The number of nitrogens with zero attached hydrogens (tertiary/aromatic N) is 2. The molecule has 4 heteroatoms. The van der Waals surface area contributed by atoms with Gasteiger partial charge in [-0.1, -0.05) is 32.6 Å². The maximum absolute atomic E-state index is 4.25. The van der Waals surface area contributed by atoms with Crippen LogP contribution in [0.3, 0.4) is 0 Å². The molecule has 0 aliphatic rings. The van der Waals surface area contributed by atoms with E-state index in [1.165, 1.54) is 43.8 Å². The minimum Gasteiger partial charge on any atom is -0.312 e. The minimum absolute atomic E-state index is 0.394. The van der Waals surface area contributed by atoms with Crippen LogP contribution >= 0.6 is 11.7 Å². The second-order valence-corrected chi connectivity index (χ2v) is 4.08. The van der Waals surface area contributed by atoms with Crippen LogP contribution in [0.5, 0.6) is 0 Å². The topological polar surface area (TPSA) is 37.8 Å². The summed E-state index contributed by atoms with van der Waals surface area (Å²) in [6, 6.07) is 0.394. The minimum atomic E-state index is 0.394. The first-order valence-corrected chi connectivity index (χ1v) is 6.06. The monoisotopic (exact) mass is 213 g/mol. The molecule has 0 aliphatic carbocycles. The average Bonchev–Trinajstić information content (AvgIpc) is 2.71. The summed E-state index contributed by atoms with van der Waals surface area (Å²) in [6.07, 6.45) is 8.27. The van der Waals surface area contributed by atoms with Gasteiger partial charge in [0.05, 0.1) is 29.7 Å². The molecule has 1 aromatic rings. The molecule has 0 saturated heterocycles. The van der Waals surface area contributed by atoms with Gasteiger partial charge in [-0.15, -0.1) is 0 Å². The predicted molar refractivity (Wildman–Crippen MR) is 60.5 cm³/mol. The standard InChI is InChI=1S/C10H19N3S/c1-3-4-5-6-7-9(11-2)10-8-12-14-13-10/h8-9,11H,3-7H2,1-2H3. The molecule has 0 fully saturated rings. The Kier molecular flexibility index (Phi) is 5.71. The molecule has 0 aliphatic heterocycles. The Hall–Kier alpha value is -0.480. The third-order valence-electron chi connectivity index (χ3n) is 2.43. The summed E-state index contributed by atoms with van der Waals surface area (Å²) in [7, 11) is 1.99. The smallest absolute Gasteiger partial charge is 0.0912 e. The van der Waals surface area contributed by atoms with Gasteiger partial charge >= 0.3 is 0 Å². The summed E-state index contributed by atoms with van der Waals surface area (Å²) in [5, 5.41) is 3.29. The SMILES string of the molecule is CCCCCCC(NC)c1cnsn1. The number of rotatable bonds is 7. The molecule has 0 spiro atoms. The first-order valence-electron chi connectivity index (χ1n) is 5.33. The Balaban J connectivity index is 2.26. The van der Waals surface area contributed by atoms with Gasteiger partial charge in [-0.3, -0.25) is 0 Å². The van der Waals surface area contributed by atoms with E-state index in [1.54, 1.807) is 0 Å². The predicted octanol–water partition coefficient (Wildman–Crippen LogP) is 2.77. The van der Waals surface area contributed by atoms with Crippen LogP contribution in [0.1, 0.15) is 50.8 Å². The highest BCUT2D eigenvalue weighted by Gasteiger charge is 2.10. The van der Waals surface area contributed by atoms with Gasteiger partial charge in [0.2, 0.25) is 0 Å². The summed E-state index contributed by atoms with van der Waals surface area (Å²) in [5.41, 5.74) is 1.09. The molecule has 14 heavy (non-hydrogen) atoms. The first kappa shape index (κ1) is 11.6. The van der Waals surface area contributed by atoms with E-state index in [0.29, 0.717) is 6.04 Å². The van der Waals surface area contributed by atoms with E-state index in [4.69, 9.17) is 0 Å². The highest BCUT2D eigenvalue weighted by atomic mass is 32.1. The van der Waals surface area contributed by atoms with E-state index in [0.717, 1.165) is 5.69 Å². The third-order valence-corrected chi connectivity index (χ3v) is 2.92. The van der Waals surface area contributed by atoms with E-state index < -0.39 is 0 Å². The van der Waals surface area contributed by atoms with Crippen LogP contribution in [-0.2, 0) is 0 Å². The van der Waals surface area contributed by atoms with E-state index in [9.17, 15) is 0 Å². The molecule has 0 radical (unpaired) electrons. The highest BCUT2D eigenvalue weighted by Crippen LogP contribution is 2.17. The molecule has 0 aromatic carbocycles. The first-order chi connectivity index (χ1) is 6.88. The van der Waals surface area contributed by atoms with Gasteiger partial charge in [0.25, 0.3) is 0 Å². The van der Waals surface area contributed by atoms with Crippen molar-refractivity contribution in [3.05, 3.63) is 11.9 Å². The lowest BCUT2D eigenvalue weighted by molar-refractivity contribution is 0.498. The third kappa shape index (κ3) is 3.72. The fourth-order valence-electron chi connectivity index (χ4n) is 1.54. The Morgan fingerprint density at radius 3 is 2.86 bits per heavy atom. The van der Waals surface area contributed by atoms with Crippen LogP contribution in [0, 0.1) is 0 Å². The van der Waals surface area contributed by atoms with Gasteiger partial charge < -0.3 is 5.32 Å². The van der Waals surface area contributed by atoms with Crippen molar-refractivity contribution in [3.8, 4) is 0 Å². The zero-order valence-electron chi connectivity index (χ0n) is 8.99. The fourth-order valence-corrected chi connectivity index (χ4v) is 2.01. The van der Waals surface area contributed by atoms with Crippen LogP contribution < -0.4 is 5.32 Å². The summed E-state index contributed by atoms with van der Waals surface area (Å²) < 4.78 is 8.28. The molecule has 80 valence electrons. The number of nitrogens with one attached hydrogen (secondary N) is 1. The molecule has 0 amide bonds. The van der Waals surface area contributed by atoms with E-state index in [2.05, 4.69) is 21.0 Å². The molecular formula is C10H19N3S. The van der Waals surface area contributed by atoms with E-state index >= 15 is 0 Å². The zero-order valence-corrected chi connectivity index (χ0v) is 9.81. The summed E-state index contributed by atoms with van der Waals surface area (Å²) in [5.74, 6) is 0. The molecule has 1 atom stereocenters. The van der Waals surface area contributed by atoms with Crippen LogP contribution in [0.4, 0.5) is 0 Å². The molecule has 1 aromatic heterocycles. The summed E-state index contributed by atoms with van der Waals surface area (Å²) in [4.78, 5) is 0. The Bertz CT molecular complexity index is 223. The fraction of sp³-hybridized carbons (Fsp3) is 0.800. The largest absolute Gasteiger partial charge is 0.312 e. The Morgan fingerprint density at radius 1 is 1.43 bits per heavy atom. The zero-order chi connectivity index (χ0) is 10.2. The van der Waals surface area contributed by atoms with Crippen LogP contribution in [0.2, 0.25) is 0 Å². The van der Waals surface area contributed by atoms with Crippen LogP contribution in [0.25, 0.3) is 0 Å². The lowest BCUT2D eigenvalue weighted by Crippen LogP contribution is -2.16. The van der Waals surface area contributed by atoms with Crippen molar-refractivity contribution in [1.82, 2.24) is 14.1 Å². The quantitative estimate of drug-likeness (QED) is 0.708. The van der Waals surface area contributed by atoms with Gasteiger partial charge in [-0.2, -0.15) is 8.75 Å². The van der Waals surface area contributed by atoms with Crippen molar-refractivity contribution in [3.63, 3.8) is 0 Å². The maximum atomic E-state index is 4.25. The summed E-state index contributed by atoms with van der Waals surface area (Å²) in [6.45, 7) is 2.24. The second-order valence-electron chi connectivity index (χ2n) is 3.52. The number of aromatic nitrogens is 2. The van der Waals surface area contributed by atoms with Crippen molar-refractivity contribution in [1.29, 1.82) is 0 Å². The van der Waals surface area contributed by atoms with Crippen molar-refractivity contribution >= 4 is 11.7 Å². The maximum Gasteiger partial charge on any atom is 0.0912 e. The molecule has 1 rings (SSSR count). The molecule has 1 N–H and O–H groups in total. The van der Waals surface area contributed by atoms with Gasteiger partial charge in [0.1, 0.15) is 0 Å². The van der Waals surface area contributed by atoms with Crippen molar-refractivity contribution < 1.29 is 0 Å². The lowest BCUT2D eigenvalue weighted by Gasteiger charge is -2.12. The van der Waals surface area contributed by atoms with Crippen molar-refractivity contribution in [2.75, 3.05) is 7.05 Å². The van der Waals surface area contributed by atoms with Crippen molar-refractivity contribution in [2.45, 2.75) is 45.1 Å². The average molecular weight is 213 g/mol. The van der Waals surface area contributed by atoms with Crippen molar-refractivity contribution in [2.24, 2.45) is 0 Å². The number of unbranched alkanes of at least 4 members (excludes halogenated alkanes) is 3. The Labute approximate surface area is 90.3 Å². The van der Waals surface area contributed by atoms with Gasteiger partial charge in [0, 0.05) is 0 Å². The van der Waals surface area contributed by atoms with Gasteiger partial charge in [0.15, 0.2) is 0 Å². The van der Waals surface area contributed by atoms with Crippen LogP contribution in [0.15, 0.2) is 6.20 Å². The van der Waals surface area contributed by atoms with Gasteiger partial charge in [-0.25, -0.2) is 0 Å². The van der Waals surface area contributed by atoms with E-state index in [-0.39, 0.29) is 0 Å². The normalized spacial score (nSPS) is 13.0. The van der Waals surface area contributed by atoms with Crippen LogP contribution in [-0.4, -0.2) is 15.8 Å². The molecule has 1 unspecified atom stereocenters. The number of hydrogen-bond acceptors (Lipinski definition) is 4. The molecule has 3 nitrogen and oxygen atoms in total. The summed E-state index contributed by atoms with van der Waals surface area (Å²) >= 11 is 1.29. The molecule has 0 bridgehead atoms. The lowest BCUT2D eigenvalue weighted by atomic mass is 10.1. The van der Waals surface area contributed by atoms with E-state index in [1.807, 2.05) is 13.2 Å².